The van der Waals surface area contributed by atoms with Gasteiger partial charge in [0.2, 0.25) is 5.91 Å². The Bertz CT molecular complexity index is 1420. The van der Waals surface area contributed by atoms with Crippen LogP contribution in [-0.4, -0.2) is 37.1 Å². The van der Waals surface area contributed by atoms with Crippen molar-refractivity contribution < 1.29 is 4.79 Å². The third-order valence-electron chi connectivity index (χ3n) is 6.51. The van der Waals surface area contributed by atoms with Gasteiger partial charge in [-0.3, -0.25) is 9.59 Å². The van der Waals surface area contributed by atoms with E-state index in [0.717, 1.165) is 24.0 Å². The van der Waals surface area contributed by atoms with Crippen LogP contribution in [0.4, 0.5) is 0 Å². The Labute approximate surface area is 209 Å². The quantitative estimate of drug-likeness (QED) is 0.260. The number of para-hydroxylation sites is 1. The van der Waals surface area contributed by atoms with Crippen LogP contribution in [0, 0.1) is 12.8 Å². The average Bonchev–Trinajstić information content (AvgIpc) is 3.72. The summed E-state index contributed by atoms with van der Waals surface area (Å²) in [6.45, 7) is 4.68. The molecule has 0 spiro atoms. The zero-order valence-corrected chi connectivity index (χ0v) is 20.7. The Hall–Kier alpha value is -3.45. The van der Waals surface area contributed by atoms with E-state index < -0.39 is 0 Å². The fourth-order valence-corrected chi connectivity index (χ4v) is 5.22. The predicted octanol–water partition coefficient (Wildman–Crippen LogP) is 5.01. The molecule has 1 aliphatic carbocycles. The Kier molecular flexibility index (Phi) is 6.68. The van der Waals surface area contributed by atoms with Gasteiger partial charge in [-0.15, -0.1) is 0 Å². The van der Waals surface area contributed by atoms with Crippen molar-refractivity contribution in [3.63, 3.8) is 0 Å². The van der Waals surface area contributed by atoms with Gasteiger partial charge in [-0.1, -0.05) is 54.2 Å². The fourth-order valence-electron chi connectivity index (χ4n) is 4.34. The number of amides is 1. The summed E-state index contributed by atoms with van der Waals surface area (Å²) in [7, 11) is 0. The average molecular weight is 485 g/mol. The van der Waals surface area contributed by atoms with Gasteiger partial charge in [0.05, 0.1) is 16.7 Å². The summed E-state index contributed by atoms with van der Waals surface area (Å²) in [5.41, 5.74) is 2.54. The number of rotatable bonds is 8. The minimum Gasteiger partial charge on any atom is -0.335 e. The van der Waals surface area contributed by atoms with E-state index in [9.17, 15) is 9.59 Å². The maximum atomic E-state index is 13.5. The van der Waals surface area contributed by atoms with E-state index in [4.69, 9.17) is 4.98 Å². The first-order chi connectivity index (χ1) is 17.0. The number of carbonyl (C=O) groups excluding carboxylic acids is 1. The van der Waals surface area contributed by atoms with Gasteiger partial charge in [-0.05, 0) is 68.0 Å². The number of hydrogen-bond acceptors (Lipinski definition) is 5. The molecule has 35 heavy (non-hydrogen) atoms. The molecule has 0 saturated heterocycles. The normalized spacial score (nSPS) is 14.1. The highest BCUT2D eigenvalue weighted by Crippen LogP contribution is 2.36. The summed E-state index contributed by atoms with van der Waals surface area (Å²) in [6.07, 6.45) is 4.01. The van der Waals surface area contributed by atoms with Gasteiger partial charge in [0.1, 0.15) is 5.82 Å². The third-order valence-corrected chi connectivity index (χ3v) is 7.44. The minimum atomic E-state index is -0.184. The summed E-state index contributed by atoms with van der Waals surface area (Å²) in [5.74, 6) is 1.31. The topological polar surface area (TPSA) is 68.1 Å². The number of thioether (sulfide) groups is 1. The highest BCUT2D eigenvalue weighted by molar-refractivity contribution is 7.99. The molecule has 6 nitrogen and oxygen atoms in total. The van der Waals surface area contributed by atoms with Gasteiger partial charge in [0.15, 0.2) is 5.16 Å². The molecule has 2 aromatic carbocycles. The molecule has 1 saturated carbocycles. The molecule has 1 aliphatic rings. The second-order valence-electron chi connectivity index (χ2n) is 9.12. The molecule has 1 atom stereocenters. The lowest BCUT2D eigenvalue weighted by molar-refractivity contribution is -0.131. The van der Waals surface area contributed by atoms with Gasteiger partial charge >= 0.3 is 0 Å². The SMILES string of the molecule is Cc1ccnc(-n2c(SCC(=O)N(Cc3ccccc3)C(C)C3CC3)nc3ccccc3c2=O)c1. The lowest BCUT2D eigenvalue weighted by Crippen LogP contribution is -2.40. The molecule has 0 bridgehead atoms. The van der Waals surface area contributed by atoms with Crippen LogP contribution in [0.25, 0.3) is 16.7 Å². The lowest BCUT2D eigenvalue weighted by Gasteiger charge is -2.29. The van der Waals surface area contributed by atoms with Crippen molar-refractivity contribution in [3.8, 4) is 5.82 Å². The molecule has 0 aliphatic heterocycles. The molecule has 178 valence electrons. The Balaban J connectivity index is 1.46. The van der Waals surface area contributed by atoms with Crippen LogP contribution >= 0.6 is 11.8 Å². The fraction of sp³-hybridized carbons (Fsp3) is 0.286. The molecular formula is C28H28N4O2S. The molecule has 5 rings (SSSR count). The van der Waals surface area contributed by atoms with Crippen molar-refractivity contribution in [2.45, 2.75) is 44.4 Å². The summed E-state index contributed by atoms with van der Waals surface area (Å²) < 4.78 is 1.53. The largest absolute Gasteiger partial charge is 0.335 e. The zero-order chi connectivity index (χ0) is 24.4. The van der Waals surface area contributed by atoms with E-state index in [-0.39, 0.29) is 23.3 Å². The smallest absolute Gasteiger partial charge is 0.267 e. The lowest BCUT2D eigenvalue weighted by atomic mass is 10.1. The van der Waals surface area contributed by atoms with Crippen molar-refractivity contribution in [3.05, 3.63) is 94.4 Å². The van der Waals surface area contributed by atoms with Crippen molar-refractivity contribution >= 4 is 28.6 Å². The number of benzene rings is 2. The molecule has 1 unspecified atom stereocenters. The van der Waals surface area contributed by atoms with Crippen LogP contribution in [-0.2, 0) is 11.3 Å². The summed E-state index contributed by atoms with van der Waals surface area (Å²) >= 11 is 1.29. The van der Waals surface area contributed by atoms with E-state index in [1.807, 2.05) is 60.4 Å². The van der Waals surface area contributed by atoms with Crippen LogP contribution in [0.3, 0.4) is 0 Å². The first kappa shape index (κ1) is 23.3. The first-order valence-corrected chi connectivity index (χ1v) is 12.9. The first-order valence-electron chi connectivity index (χ1n) is 11.9. The van der Waals surface area contributed by atoms with Gasteiger partial charge in [0.25, 0.3) is 5.56 Å². The summed E-state index contributed by atoms with van der Waals surface area (Å²) in [4.78, 5) is 38.2. The van der Waals surface area contributed by atoms with Crippen LogP contribution in [0.15, 0.2) is 82.9 Å². The monoisotopic (exact) mass is 484 g/mol. The predicted molar refractivity (Wildman–Crippen MR) is 140 cm³/mol. The molecule has 4 aromatic rings. The Morgan fingerprint density at radius 1 is 1.11 bits per heavy atom. The van der Waals surface area contributed by atoms with Crippen molar-refractivity contribution in [2.24, 2.45) is 5.92 Å². The number of fused-ring (bicyclic) bond motifs is 1. The number of carbonyl (C=O) groups is 1. The second-order valence-corrected chi connectivity index (χ2v) is 10.1. The third kappa shape index (κ3) is 5.15. The second kappa shape index (κ2) is 10.0. The number of aromatic nitrogens is 3. The molecule has 7 heteroatoms. The molecule has 0 radical (unpaired) electrons. The van der Waals surface area contributed by atoms with E-state index in [2.05, 4.69) is 24.0 Å². The summed E-state index contributed by atoms with van der Waals surface area (Å²) in [5, 5.41) is 0.999. The van der Waals surface area contributed by atoms with Crippen molar-refractivity contribution in [2.75, 3.05) is 5.75 Å². The Morgan fingerprint density at radius 3 is 2.60 bits per heavy atom. The van der Waals surface area contributed by atoms with Crippen LogP contribution in [0.5, 0.6) is 0 Å². The maximum absolute atomic E-state index is 13.5. The standard InChI is InChI=1S/C28H28N4O2S/c1-19-14-15-29-25(16-19)32-27(34)23-10-6-7-11-24(23)30-28(32)35-18-26(33)31(20(2)22-12-13-22)17-21-8-4-3-5-9-21/h3-11,14-16,20,22H,12-13,17-18H2,1-2H3. The number of aryl methyl sites for hydroxylation is 1. The highest BCUT2D eigenvalue weighted by atomic mass is 32.2. The van der Waals surface area contributed by atoms with E-state index in [0.29, 0.717) is 34.3 Å². The van der Waals surface area contributed by atoms with Crippen LogP contribution in [0.1, 0.15) is 30.9 Å². The number of hydrogen-bond donors (Lipinski definition) is 0. The number of pyridine rings is 1. The zero-order valence-electron chi connectivity index (χ0n) is 19.9. The minimum absolute atomic E-state index is 0.0458. The highest BCUT2D eigenvalue weighted by Gasteiger charge is 2.34. The van der Waals surface area contributed by atoms with Crippen LogP contribution in [0.2, 0.25) is 0 Å². The van der Waals surface area contributed by atoms with Gasteiger partial charge in [-0.2, -0.15) is 0 Å². The van der Waals surface area contributed by atoms with E-state index >= 15 is 0 Å². The van der Waals surface area contributed by atoms with Crippen molar-refractivity contribution in [1.82, 2.24) is 19.4 Å². The van der Waals surface area contributed by atoms with Crippen molar-refractivity contribution in [1.29, 1.82) is 0 Å². The molecule has 1 fully saturated rings. The molecule has 2 heterocycles. The van der Waals surface area contributed by atoms with Gasteiger partial charge in [-0.25, -0.2) is 14.5 Å². The van der Waals surface area contributed by atoms with E-state index in [1.54, 1.807) is 12.3 Å². The summed E-state index contributed by atoms with van der Waals surface area (Å²) in [6, 6.07) is 21.3. The van der Waals surface area contributed by atoms with E-state index in [1.165, 1.54) is 16.3 Å². The Morgan fingerprint density at radius 2 is 1.86 bits per heavy atom. The number of nitrogens with zero attached hydrogens (tertiary/aromatic N) is 4. The molecular weight excluding hydrogens is 456 g/mol. The molecule has 1 amide bonds. The van der Waals surface area contributed by atoms with Gasteiger partial charge in [0, 0.05) is 18.8 Å². The maximum Gasteiger partial charge on any atom is 0.267 e. The molecule has 2 aromatic heterocycles. The van der Waals surface area contributed by atoms with Crippen LogP contribution < -0.4 is 5.56 Å². The van der Waals surface area contributed by atoms with Gasteiger partial charge < -0.3 is 4.90 Å². The molecule has 0 N–H and O–H groups in total.